The maximum atomic E-state index is 12.4. The van der Waals surface area contributed by atoms with E-state index >= 15 is 0 Å². The summed E-state index contributed by atoms with van der Waals surface area (Å²) in [5.41, 5.74) is 3.78. The van der Waals surface area contributed by atoms with Crippen LogP contribution in [0.4, 0.5) is 0 Å². The maximum absolute atomic E-state index is 12.4. The van der Waals surface area contributed by atoms with Crippen LogP contribution in [0.15, 0.2) is 12.1 Å². The van der Waals surface area contributed by atoms with Gasteiger partial charge >= 0.3 is 0 Å². The normalized spacial score (nSPS) is 35.3. The minimum absolute atomic E-state index is 0.0431. The average Bonchev–Trinajstić information content (AvgIpc) is 2.81. The molecule has 3 aliphatic rings. The number of aryl methyl sites for hydroxylation is 1. The van der Waals surface area contributed by atoms with Crippen molar-refractivity contribution in [2.45, 2.75) is 77.6 Å². The number of phenolic OH excluding ortho intramolecular Hbond substituents is 1. The molecule has 0 aliphatic heterocycles. The molecule has 2 fully saturated rings. The van der Waals surface area contributed by atoms with Crippen LogP contribution in [0, 0.1) is 17.3 Å². The van der Waals surface area contributed by atoms with Gasteiger partial charge in [0.1, 0.15) is 11.5 Å². The number of carbonyl (C=O) groups is 1. The second kappa shape index (κ2) is 5.09. The second-order valence-corrected chi connectivity index (χ2v) is 9.65. The van der Waals surface area contributed by atoms with Gasteiger partial charge in [0.05, 0.1) is 0 Å². The molecule has 0 spiro atoms. The van der Waals surface area contributed by atoms with E-state index in [1.54, 1.807) is 0 Å². The van der Waals surface area contributed by atoms with Crippen molar-refractivity contribution in [2.75, 3.05) is 0 Å². The molecule has 0 unspecified atom stereocenters. The Kier molecular flexibility index (Phi) is 3.43. The number of ketones is 1. The molecule has 24 heavy (non-hydrogen) atoms. The minimum Gasteiger partial charge on any atom is -0.508 e. The first-order chi connectivity index (χ1) is 11.2. The highest BCUT2D eigenvalue weighted by atomic mass is 16.3. The molecule has 4 atom stereocenters. The fourth-order valence-electron chi connectivity index (χ4n) is 5.98. The topological polar surface area (TPSA) is 37.3 Å². The average molecular weight is 326 g/mol. The molecule has 0 radical (unpaired) electrons. The van der Waals surface area contributed by atoms with Gasteiger partial charge in [-0.2, -0.15) is 0 Å². The SMILES string of the molecule is CC(C)(C)c1cc2c(cc1O)CC[C@H]1[C@H]2CC[C@@]2(C)C(=O)CC[C@@H]12. The number of hydrogen-bond donors (Lipinski definition) is 1. The van der Waals surface area contributed by atoms with E-state index in [0.29, 0.717) is 29.3 Å². The van der Waals surface area contributed by atoms with E-state index in [1.165, 1.54) is 17.5 Å². The van der Waals surface area contributed by atoms with Gasteiger partial charge in [-0.05, 0) is 78.0 Å². The minimum atomic E-state index is -0.0531. The summed E-state index contributed by atoms with van der Waals surface area (Å²) in [5.74, 6) is 2.78. The van der Waals surface area contributed by atoms with Gasteiger partial charge in [-0.25, -0.2) is 0 Å². The van der Waals surface area contributed by atoms with E-state index in [9.17, 15) is 9.90 Å². The molecule has 1 aromatic rings. The molecule has 0 bridgehead atoms. The quantitative estimate of drug-likeness (QED) is 0.719. The van der Waals surface area contributed by atoms with Gasteiger partial charge in [-0.3, -0.25) is 4.79 Å². The van der Waals surface area contributed by atoms with Crippen LogP contribution in [0.2, 0.25) is 0 Å². The van der Waals surface area contributed by atoms with E-state index in [1.807, 2.05) is 6.07 Å². The van der Waals surface area contributed by atoms with Crippen LogP contribution < -0.4 is 0 Å². The molecular weight excluding hydrogens is 296 g/mol. The van der Waals surface area contributed by atoms with Gasteiger partial charge in [0.15, 0.2) is 0 Å². The highest BCUT2D eigenvalue weighted by molar-refractivity contribution is 5.87. The van der Waals surface area contributed by atoms with Crippen molar-refractivity contribution in [3.05, 3.63) is 28.8 Å². The largest absolute Gasteiger partial charge is 0.508 e. The summed E-state index contributed by atoms with van der Waals surface area (Å²) in [6.07, 6.45) is 6.29. The molecule has 130 valence electrons. The lowest BCUT2D eigenvalue weighted by molar-refractivity contribution is -0.129. The number of phenols is 1. The van der Waals surface area contributed by atoms with E-state index in [0.717, 1.165) is 37.7 Å². The monoisotopic (exact) mass is 326 g/mol. The summed E-state index contributed by atoms with van der Waals surface area (Å²) in [5, 5.41) is 10.5. The molecule has 0 heterocycles. The van der Waals surface area contributed by atoms with Crippen LogP contribution in [0.3, 0.4) is 0 Å². The third kappa shape index (κ3) is 2.18. The molecule has 1 N–H and O–H groups in total. The molecular formula is C22H30O2. The zero-order chi connectivity index (χ0) is 17.3. The van der Waals surface area contributed by atoms with Crippen molar-refractivity contribution in [3.8, 4) is 5.75 Å². The van der Waals surface area contributed by atoms with Crippen LogP contribution in [-0.2, 0) is 16.6 Å². The van der Waals surface area contributed by atoms with Gasteiger partial charge < -0.3 is 5.11 Å². The fraction of sp³-hybridized carbons (Fsp3) is 0.682. The van der Waals surface area contributed by atoms with Crippen molar-refractivity contribution >= 4 is 5.78 Å². The predicted octanol–water partition coefficient (Wildman–Crippen LogP) is 5.11. The Bertz CT molecular complexity index is 697. The maximum Gasteiger partial charge on any atom is 0.139 e. The predicted molar refractivity (Wildman–Crippen MR) is 96.4 cm³/mol. The Balaban J connectivity index is 1.76. The first-order valence-corrected chi connectivity index (χ1v) is 9.61. The zero-order valence-corrected chi connectivity index (χ0v) is 15.5. The van der Waals surface area contributed by atoms with Crippen molar-refractivity contribution in [1.29, 1.82) is 0 Å². The number of fused-ring (bicyclic) bond motifs is 5. The van der Waals surface area contributed by atoms with Gasteiger partial charge in [-0.1, -0.05) is 33.8 Å². The summed E-state index contributed by atoms with van der Waals surface area (Å²) >= 11 is 0. The van der Waals surface area contributed by atoms with Crippen molar-refractivity contribution < 1.29 is 9.90 Å². The number of carbonyl (C=O) groups excluding carboxylic acids is 1. The molecule has 0 aromatic heterocycles. The lowest BCUT2D eigenvalue weighted by Gasteiger charge is -2.48. The number of hydrogen-bond acceptors (Lipinski definition) is 2. The highest BCUT2D eigenvalue weighted by Crippen LogP contribution is 2.60. The lowest BCUT2D eigenvalue weighted by Crippen LogP contribution is -2.42. The summed E-state index contributed by atoms with van der Waals surface area (Å²) in [4.78, 5) is 12.4. The summed E-state index contributed by atoms with van der Waals surface area (Å²) in [6.45, 7) is 8.74. The van der Waals surface area contributed by atoms with Crippen molar-refractivity contribution in [3.63, 3.8) is 0 Å². The van der Waals surface area contributed by atoms with E-state index < -0.39 is 0 Å². The Labute approximate surface area is 145 Å². The van der Waals surface area contributed by atoms with E-state index in [-0.39, 0.29) is 10.8 Å². The van der Waals surface area contributed by atoms with Gasteiger partial charge in [0.25, 0.3) is 0 Å². The van der Waals surface area contributed by atoms with Gasteiger partial charge in [0.2, 0.25) is 0 Å². The van der Waals surface area contributed by atoms with E-state index in [2.05, 4.69) is 33.8 Å². The number of rotatable bonds is 0. The van der Waals surface area contributed by atoms with Crippen LogP contribution in [0.25, 0.3) is 0 Å². The first kappa shape index (κ1) is 16.2. The van der Waals surface area contributed by atoms with Gasteiger partial charge in [0, 0.05) is 11.8 Å². The summed E-state index contributed by atoms with van der Waals surface area (Å²) < 4.78 is 0. The molecule has 0 amide bonds. The Morgan fingerprint density at radius 1 is 1.12 bits per heavy atom. The summed E-state index contributed by atoms with van der Waals surface area (Å²) in [6, 6.07) is 4.32. The molecule has 2 saturated carbocycles. The van der Waals surface area contributed by atoms with Crippen LogP contribution in [-0.4, -0.2) is 10.9 Å². The number of aromatic hydroxyl groups is 1. The second-order valence-electron chi connectivity index (χ2n) is 9.65. The van der Waals surface area contributed by atoms with Crippen LogP contribution >= 0.6 is 0 Å². The Morgan fingerprint density at radius 2 is 1.88 bits per heavy atom. The lowest BCUT2D eigenvalue weighted by atomic mass is 9.55. The third-order valence-electron chi connectivity index (χ3n) is 7.36. The van der Waals surface area contributed by atoms with Gasteiger partial charge in [-0.15, -0.1) is 0 Å². The molecule has 2 heteroatoms. The molecule has 1 aromatic carbocycles. The summed E-state index contributed by atoms with van der Waals surface area (Å²) in [7, 11) is 0. The van der Waals surface area contributed by atoms with Crippen molar-refractivity contribution in [2.24, 2.45) is 17.3 Å². The smallest absolute Gasteiger partial charge is 0.139 e. The first-order valence-electron chi connectivity index (χ1n) is 9.61. The molecule has 0 saturated heterocycles. The van der Waals surface area contributed by atoms with E-state index in [4.69, 9.17) is 0 Å². The van der Waals surface area contributed by atoms with Crippen LogP contribution in [0.5, 0.6) is 5.75 Å². The Morgan fingerprint density at radius 3 is 2.58 bits per heavy atom. The Hall–Kier alpha value is -1.31. The number of benzene rings is 1. The zero-order valence-electron chi connectivity index (χ0n) is 15.5. The highest BCUT2D eigenvalue weighted by Gasteiger charge is 2.54. The number of Topliss-reactive ketones (excluding diaryl/α,β-unsaturated/α-hetero) is 1. The van der Waals surface area contributed by atoms with Crippen molar-refractivity contribution in [1.82, 2.24) is 0 Å². The standard InChI is InChI=1S/C22H30O2/c1-21(2,3)18-12-16-13(11-19(18)23)5-6-15-14(16)9-10-22(4)17(15)7-8-20(22)24/h11-12,14-15,17,23H,5-10H2,1-4H3/t14-,15+,17+,22-/m1/s1. The fourth-order valence-corrected chi connectivity index (χ4v) is 5.98. The third-order valence-corrected chi connectivity index (χ3v) is 7.36. The van der Waals surface area contributed by atoms with Crippen LogP contribution in [0.1, 0.15) is 82.4 Å². The molecule has 3 aliphatic carbocycles. The molecule has 4 rings (SSSR count). The molecule has 2 nitrogen and oxygen atoms in total.